The summed E-state index contributed by atoms with van der Waals surface area (Å²) in [4.78, 5) is 0. The van der Waals surface area contributed by atoms with Gasteiger partial charge in [-0.25, -0.2) is 0 Å². The van der Waals surface area contributed by atoms with Gasteiger partial charge >= 0.3 is 0 Å². The van der Waals surface area contributed by atoms with Crippen LogP contribution in [0.4, 0.5) is 0 Å². The van der Waals surface area contributed by atoms with Crippen LogP contribution in [-0.2, 0) is 6.42 Å². The summed E-state index contributed by atoms with van der Waals surface area (Å²) in [6, 6.07) is 6.74. The summed E-state index contributed by atoms with van der Waals surface area (Å²) in [7, 11) is 0. The zero-order valence-corrected chi connectivity index (χ0v) is 14.7. The molecular weight excluding hydrogens is 254 g/mol. The first-order valence-electron chi connectivity index (χ1n) is 8.62. The van der Waals surface area contributed by atoms with E-state index in [4.69, 9.17) is 0 Å². The summed E-state index contributed by atoms with van der Waals surface area (Å²) >= 11 is 0. The number of hydrogen-bond acceptors (Lipinski definition) is 1. The van der Waals surface area contributed by atoms with Crippen LogP contribution in [0, 0.1) is 19.3 Å². The molecule has 0 unspecified atom stereocenters. The second kappa shape index (κ2) is 6.52. The van der Waals surface area contributed by atoms with Gasteiger partial charge in [0.25, 0.3) is 0 Å². The molecule has 0 atom stereocenters. The standard InChI is InChI=1S/C20H33N/c1-16-10-9-11-17(2)18(16)14-20(12-7-6-8-13-20)15-21-19(3,4)5/h9-11,21H,6-8,12-15H2,1-5H3. The van der Waals surface area contributed by atoms with Crippen LogP contribution in [0.5, 0.6) is 0 Å². The smallest absolute Gasteiger partial charge is 0.00967 e. The molecule has 0 bridgehead atoms. The number of benzene rings is 1. The Kier molecular flexibility index (Phi) is 5.14. The van der Waals surface area contributed by atoms with Gasteiger partial charge in [-0.15, -0.1) is 0 Å². The summed E-state index contributed by atoms with van der Waals surface area (Å²) in [6.07, 6.45) is 8.22. The molecule has 1 saturated carbocycles. The van der Waals surface area contributed by atoms with E-state index in [2.05, 4.69) is 58.1 Å². The molecule has 118 valence electrons. The van der Waals surface area contributed by atoms with Crippen LogP contribution < -0.4 is 5.32 Å². The molecule has 0 aliphatic heterocycles. The Morgan fingerprint density at radius 1 is 1.00 bits per heavy atom. The van der Waals surface area contributed by atoms with Crippen LogP contribution in [-0.4, -0.2) is 12.1 Å². The average molecular weight is 287 g/mol. The maximum atomic E-state index is 3.79. The van der Waals surface area contributed by atoms with E-state index in [0.717, 1.165) is 6.54 Å². The van der Waals surface area contributed by atoms with E-state index in [0.29, 0.717) is 5.41 Å². The van der Waals surface area contributed by atoms with Crippen LogP contribution >= 0.6 is 0 Å². The Morgan fingerprint density at radius 2 is 1.57 bits per heavy atom. The minimum atomic E-state index is 0.214. The van der Waals surface area contributed by atoms with Crippen molar-refractivity contribution in [3.8, 4) is 0 Å². The molecule has 1 aliphatic rings. The van der Waals surface area contributed by atoms with E-state index >= 15 is 0 Å². The lowest BCUT2D eigenvalue weighted by molar-refractivity contribution is 0.165. The second-order valence-electron chi connectivity index (χ2n) is 8.21. The van der Waals surface area contributed by atoms with Crippen LogP contribution in [0.25, 0.3) is 0 Å². The predicted octanol–water partition coefficient (Wildman–Crippen LogP) is 5.18. The highest BCUT2D eigenvalue weighted by atomic mass is 15.0. The molecule has 1 aliphatic carbocycles. The number of nitrogens with one attached hydrogen (secondary N) is 1. The fourth-order valence-corrected chi connectivity index (χ4v) is 3.67. The van der Waals surface area contributed by atoms with Gasteiger partial charge in [0.2, 0.25) is 0 Å². The normalized spacial score (nSPS) is 18.7. The van der Waals surface area contributed by atoms with E-state index < -0.39 is 0 Å². The van der Waals surface area contributed by atoms with Crippen molar-refractivity contribution in [3.05, 3.63) is 34.9 Å². The third-order valence-electron chi connectivity index (χ3n) is 5.10. The van der Waals surface area contributed by atoms with E-state index in [1.165, 1.54) is 49.7 Å². The summed E-state index contributed by atoms with van der Waals surface area (Å²) in [5, 5.41) is 3.79. The largest absolute Gasteiger partial charge is 0.312 e. The summed E-state index contributed by atoms with van der Waals surface area (Å²) in [5.74, 6) is 0. The summed E-state index contributed by atoms with van der Waals surface area (Å²) < 4.78 is 0. The van der Waals surface area contributed by atoms with E-state index in [1.807, 2.05) is 0 Å². The van der Waals surface area contributed by atoms with Crippen molar-refractivity contribution < 1.29 is 0 Å². The monoisotopic (exact) mass is 287 g/mol. The lowest BCUT2D eigenvalue weighted by Gasteiger charge is -2.40. The maximum absolute atomic E-state index is 3.79. The number of aryl methyl sites for hydroxylation is 2. The van der Waals surface area contributed by atoms with Crippen molar-refractivity contribution in [2.45, 2.75) is 78.7 Å². The molecule has 0 saturated heterocycles. The fourth-order valence-electron chi connectivity index (χ4n) is 3.67. The summed E-state index contributed by atoms with van der Waals surface area (Å²) in [5.41, 5.74) is 5.20. The van der Waals surface area contributed by atoms with E-state index in [9.17, 15) is 0 Å². The van der Waals surface area contributed by atoms with Crippen molar-refractivity contribution in [1.29, 1.82) is 0 Å². The predicted molar refractivity (Wildman–Crippen MR) is 92.9 cm³/mol. The molecule has 1 aromatic carbocycles. The highest BCUT2D eigenvalue weighted by Gasteiger charge is 2.33. The van der Waals surface area contributed by atoms with E-state index in [1.54, 1.807) is 5.56 Å². The summed E-state index contributed by atoms with van der Waals surface area (Å²) in [6.45, 7) is 12.5. The van der Waals surface area contributed by atoms with Gasteiger partial charge < -0.3 is 5.32 Å². The Bertz CT molecular complexity index is 441. The van der Waals surface area contributed by atoms with Crippen molar-refractivity contribution in [2.75, 3.05) is 6.54 Å². The highest BCUT2D eigenvalue weighted by molar-refractivity contribution is 5.34. The first kappa shape index (κ1) is 16.5. The minimum Gasteiger partial charge on any atom is -0.312 e. The molecule has 21 heavy (non-hydrogen) atoms. The molecule has 2 rings (SSSR count). The quantitative estimate of drug-likeness (QED) is 0.804. The molecule has 1 heteroatoms. The molecular formula is C20H33N. The first-order chi connectivity index (χ1) is 9.81. The number of hydrogen-bond donors (Lipinski definition) is 1. The Labute approximate surface area is 131 Å². The van der Waals surface area contributed by atoms with Crippen molar-refractivity contribution in [1.82, 2.24) is 5.32 Å². The molecule has 0 aromatic heterocycles. The van der Waals surface area contributed by atoms with Gasteiger partial charge in [-0.05, 0) is 76.0 Å². The fraction of sp³-hybridized carbons (Fsp3) is 0.700. The number of rotatable bonds is 4. The van der Waals surface area contributed by atoms with Crippen LogP contribution in [0.3, 0.4) is 0 Å². The topological polar surface area (TPSA) is 12.0 Å². The highest BCUT2D eigenvalue weighted by Crippen LogP contribution is 2.40. The molecule has 1 aromatic rings. The first-order valence-corrected chi connectivity index (χ1v) is 8.62. The molecule has 1 fully saturated rings. The SMILES string of the molecule is Cc1cccc(C)c1CC1(CNC(C)(C)C)CCCCC1. The molecule has 0 radical (unpaired) electrons. The van der Waals surface area contributed by atoms with Crippen molar-refractivity contribution in [2.24, 2.45) is 5.41 Å². The zero-order chi connectivity index (χ0) is 15.5. The Balaban J connectivity index is 2.20. The average Bonchev–Trinajstić information content (AvgIpc) is 2.42. The third kappa shape index (κ3) is 4.57. The molecule has 1 nitrogen and oxygen atoms in total. The van der Waals surface area contributed by atoms with E-state index in [-0.39, 0.29) is 5.54 Å². The van der Waals surface area contributed by atoms with Gasteiger partial charge in [-0.3, -0.25) is 0 Å². The van der Waals surface area contributed by atoms with Crippen LogP contribution in [0.15, 0.2) is 18.2 Å². The molecule has 1 N–H and O–H groups in total. The Hall–Kier alpha value is -0.820. The minimum absolute atomic E-state index is 0.214. The van der Waals surface area contributed by atoms with Gasteiger partial charge in [0.1, 0.15) is 0 Å². The third-order valence-corrected chi connectivity index (χ3v) is 5.10. The Morgan fingerprint density at radius 3 is 2.10 bits per heavy atom. The molecule has 0 heterocycles. The van der Waals surface area contributed by atoms with Crippen molar-refractivity contribution >= 4 is 0 Å². The van der Waals surface area contributed by atoms with Crippen LogP contribution in [0.2, 0.25) is 0 Å². The zero-order valence-electron chi connectivity index (χ0n) is 14.7. The van der Waals surface area contributed by atoms with Gasteiger partial charge in [0.05, 0.1) is 0 Å². The van der Waals surface area contributed by atoms with Crippen LogP contribution in [0.1, 0.15) is 69.6 Å². The van der Waals surface area contributed by atoms with Gasteiger partial charge in [0.15, 0.2) is 0 Å². The molecule has 0 spiro atoms. The van der Waals surface area contributed by atoms with Gasteiger partial charge in [-0.1, -0.05) is 37.5 Å². The van der Waals surface area contributed by atoms with Crippen molar-refractivity contribution in [3.63, 3.8) is 0 Å². The second-order valence-corrected chi connectivity index (χ2v) is 8.21. The molecule has 0 amide bonds. The lowest BCUT2D eigenvalue weighted by atomic mass is 9.69. The van der Waals surface area contributed by atoms with Gasteiger partial charge in [0, 0.05) is 12.1 Å². The van der Waals surface area contributed by atoms with Gasteiger partial charge in [-0.2, -0.15) is 0 Å². The maximum Gasteiger partial charge on any atom is 0.00967 e. The lowest BCUT2D eigenvalue weighted by Crippen LogP contribution is -2.45.